The van der Waals surface area contributed by atoms with Crippen LogP contribution in [0.4, 0.5) is 8.78 Å². The number of nitriles is 1. The van der Waals surface area contributed by atoms with Crippen LogP contribution >= 0.6 is 0 Å². The van der Waals surface area contributed by atoms with Gasteiger partial charge in [-0.3, -0.25) is 14.6 Å². The molecule has 3 heterocycles. The number of H-pyrrole nitrogens is 1. The maximum absolute atomic E-state index is 14.3. The number of carbonyl (C=O) groups is 1. The van der Waals surface area contributed by atoms with Crippen molar-refractivity contribution in [2.45, 2.75) is 30.9 Å². The van der Waals surface area contributed by atoms with Crippen LogP contribution in [0.15, 0.2) is 35.3 Å². The molecule has 1 aromatic carbocycles. The summed E-state index contributed by atoms with van der Waals surface area (Å²) < 4.78 is 33.5. The van der Waals surface area contributed by atoms with Crippen LogP contribution in [0, 0.1) is 23.0 Å². The third kappa shape index (κ3) is 3.07. The summed E-state index contributed by atoms with van der Waals surface area (Å²) in [6.07, 6.45) is 2.25. The van der Waals surface area contributed by atoms with Gasteiger partial charge in [0, 0.05) is 22.7 Å². The van der Waals surface area contributed by atoms with Crippen LogP contribution in [0.1, 0.15) is 41.3 Å². The maximum Gasteiger partial charge on any atom is 0.252 e. The van der Waals surface area contributed by atoms with Gasteiger partial charge in [0.1, 0.15) is 6.07 Å². The van der Waals surface area contributed by atoms with Gasteiger partial charge in [-0.2, -0.15) is 5.26 Å². The SMILES string of the molecule is N#Cc1cnc2c(c1)COC[C@H]2NC(=O)C1(c2cc3c(F)c(F)ccc3[nH]c2=O)CC1. The largest absolute Gasteiger partial charge is 0.374 e. The van der Waals surface area contributed by atoms with Crippen molar-refractivity contribution in [2.24, 2.45) is 0 Å². The molecule has 1 aliphatic carbocycles. The minimum atomic E-state index is -1.12. The van der Waals surface area contributed by atoms with Crippen molar-refractivity contribution >= 4 is 16.8 Å². The zero-order chi connectivity index (χ0) is 21.8. The minimum absolute atomic E-state index is 0.0780. The van der Waals surface area contributed by atoms with Crippen LogP contribution in [-0.2, 0) is 21.6 Å². The molecule has 31 heavy (non-hydrogen) atoms. The zero-order valence-electron chi connectivity index (χ0n) is 16.2. The Bertz CT molecular complexity index is 1340. The number of aromatic amines is 1. The topological polar surface area (TPSA) is 108 Å². The van der Waals surface area contributed by atoms with E-state index < -0.39 is 34.6 Å². The number of aromatic nitrogens is 2. The fourth-order valence-corrected chi connectivity index (χ4v) is 4.10. The molecule has 2 aliphatic rings. The molecule has 1 amide bonds. The Hall–Kier alpha value is -3.64. The van der Waals surface area contributed by atoms with E-state index in [4.69, 9.17) is 10.00 Å². The molecule has 0 saturated heterocycles. The van der Waals surface area contributed by atoms with Crippen molar-refractivity contribution in [1.29, 1.82) is 5.26 Å². The van der Waals surface area contributed by atoms with E-state index in [1.807, 2.05) is 6.07 Å². The number of ether oxygens (including phenoxy) is 1. The summed E-state index contributed by atoms with van der Waals surface area (Å²) in [5.41, 5.74) is 0.345. The molecule has 156 valence electrons. The highest BCUT2D eigenvalue weighted by atomic mass is 19.2. The summed E-state index contributed by atoms with van der Waals surface area (Å²) in [4.78, 5) is 32.7. The van der Waals surface area contributed by atoms with Gasteiger partial charge < -0.3 is 15.0 Å². The first-order valence-electron chi connectivity index (χ1n) is 9.72. The smallest absolute Gasteiger partial charge is 0.252 e. The first-order valence-corrected chi connectivity index (χ1v) is 9.72. The third-order valence-corrected chi connectivity index (χ3v) is 5.92. The van der Waals surface area contributed by atoms with Crippen molar-refractivity contribution in [1.82, 2.24) is 15.3 Å². The summed E-state index contributed by atoms with van der Waals surface area (Å²) in [5.74, 6) is -2.50. The maximum atomic E-state index is 14.3. The Kier molecular flexibility index (Phi) is 4.34. The molecule has 1 atom stereocenters. The lowest BCUT2D eigenvalue weighted by Gasteiger charge is -2.27. The number of fused-ring (bicyclic) bond motifs is 2. The van der Waals surface area contributed by atoms with Crippen LogP contribution < -0.4 is 10.9 Å². The Morgan fingerprint density at radius 2 is 2.13 bits per heavy atom. The van der Waals surface area contributed by atoms with E-state index in [0.29, 0.717) is 29.7 Å². The molecule has 1 aliphatic heterocycles. The van der Waals surface area contributed by atoms with Crippen LogP contribution in [0.3, 0.4) is 0 Å². The van der Waals surface area contributed by atoms with Gasteiger partial charge in [0.15, 0.2) is 11.6 Å². The van der Waals surface area contributed by atoms with E-state index in [9.17, 15) is 18.4 Å². The number of nitrogens with zero attached hydrogens (tertiary/aromatic N) is 2. The van der Waals surface area contributed by atoms with Crippen molar-refractivity contribution < 1.29 is 18.3 Å². The second kappa shape index (κ2) is 6.96. The van der Waals surface area contributed by atoms with Crippen LogP contribution in [0.2, 0.25) is 0 Å². The predicted molar refractivity (Wildman–Crippen MR) is 105 cm³/mol. The molecular formula is C22H16F2N4O3. The number of rotatable bonds is 3. The minimum Gasteiger partial charge on any atom is -0.374 e. The number of amides is 1. The number of halogens is 2. The summed E-state index contributed by atoms with van der Waals surface area (Å²) in [6, 6.07) is 6.63. The highest BCUT2D eigenvalue weighted by molar-refractivity contribution is 5.93. The lowest BCUT2D eigenvalue weighted by molar-refractivity contribution is -0.125. The van der Waals surface area contributed by atoms with Crippen molar-refractivity contribution in [3.63, 3.8) is 0 Å². The third-order valence-electron chi connectivity index (χ3n) is 5.92. The monoisotopic (exact) mass is 422 g/mol. The standard InChI is InChI=1S/C22H16F2N4O3/c23-15-1-2-16-13(18(15)24)6-14(20(29)27-16)22(3-4-22)21(30)28-17-10-31-9-12-5-11(7-25)8-26-19(12)17/h1-2,5-6,8,17H,3-4,9-10H2,(H,27,29)(H,28,30)/t17-/m1/s1. The van der Waals surface area contributed by atoms with Gasteiger partial charge in [-0.05, 0) is 37.1 Å². The van der Waals surface area contributed by atoms with Crippen molar-refractivity contribution in [3.05, 3.63) is 74.8 Å². The Morgan fingerprint density at radius 3 is 2.87 bits per heavy atom. The first kappa shape index (κ1) is 19.3. The van der Waals surface area contributed by atoms with Crippen LogP contribution in [0.25, 0.3) is 10.9 Å². The lowest BCUT2D eigenvalue weighted by atomic mass is 9.93. The van der Waals surface area contributed by atoms with Gasteiger partial charge in [-0.1, -0.05) is 0 Å². The molecule has 0 radical (unpaired) electrons. The van der Waals surface area contributed by atoms with E-state index in [-0.39, 0.29) is 29.7 Å². The highest BCUT2D eigenvalue weighted by Gasteiger charge is 2.53. The molecule has 0 spiro atoms. The van der Waals surface area contributed by atoms with Crippen LogP contribution in [-0.4, -0.2) is 22.5 Å². The van der Waals surface area contributed by atoms with E-state index in [1.165, 1.54) is 18.3 Å². The van der Waals surface area contributed by atoms with E-state index in [1.54, 1.807) is 6.07 Å². The number of nitrogens with one attached hydrogen (secondary N) is 2. The van der Waals surface area contributed by atoms with E-state index in [2.05, 4.69) is 15.3 Å². The van der Waals surface area contributed by atoms with Crippen molar-refractivity contribution in [3.8, 4) is 6.07 Å². The summed E-state index contributed by atoms with van der Waals surface area (Å²) in [5, 5.41) is 11.9. The highest BCUT2D eigenvalue weighted by Crippen LogP contribution is 2.48. The van der Waals surface area contributed by atoms with Gasteiger partial charge in [0.05, 0.1) is 41.4 Å². The van der Waals surface area contributed by atoms with Gasteiger partial charge in [-0.15, -0.1) is 0 Å². The van der Waals surface area contributed by atoms with Gasteiger partial charge in [-0.25, -0.2) is 8.78 Å². The molecule has 2 aromatic heterocycles. The fourth-order valence-electron chi connectivity index (χ4n) is 4.10. The molecule has 5 rings (SSSR count). The van der Waals surface area contributed by atoms with E-state index >= 15 is 0 Å². The molecule has 2 N–H and O–H groups in total. The molecule has 0 unspecified atom stereocenters. The summed E-state index contributed by atoms with van der Waals surface area (Å²) in [6.45, 7) is 0.478. The molecule has 7 nitrogen and oxygen atoms in total. The average Bonchev–Trinajstić information content (AvgIpc) is 3.58. The molecule has 1 saturated carbocycles. The number of hydrogen-bond acceptors (Lipinski definition) is 5. The average molecular weight is 422 g/mol. The molecule has 1 fully saturated rings. The fraction of sp³-hybridized carbons (Fsp3) is 0.273. The number of benzene rings is 1. The summed E-state index contributed by atoms with van der Waals surface area (Å²) >= 11 is 0. The second-order valence-corrected chi connectivity index (χ2v) is 7.84. The van der Waals surface area contributed by atoms with Gasteiger partial charge >= 0.3 is 0 Å². The Labute approximate surface area is 174 Å². The molecule has 3 aromatic rings. The Balaban J connectivity index is 1.49. The van der Waals surface area contributed by atoms with Gasteiger partial charge in [0.25, 0.3) is 5.56 Å². The zero-order valence-corrected chi connectivity index (χ0v) is 16.2. The number of hydrogen-bond donors (Lipinski definition) is 2. The molecule has 0 bridgehead atoms. The van der Waals surface area contributed by atoms with Crippen LogP contribution in [0.5, 0.6) is 0 Å². The normalized spacial score (nSPS) is 18.8. The summed E-state index contributed by atoms with van der Waals surface area (Å²) in [7, 11) is 0. The second-order valence-electron chi connectivity index (χ2n) is 7.84. The Morgan fingerprint density at radius 1 is 1.32 bits per heavy atom. The number of carbonyl (C=O) groups excluding carboxylic acids is 1. The van der Waals surface area contributed by atoms with Crippen molar-refractivity contribution in [2.75, 3.05) is 6.61 Å². The van der Waals surface area contributed by atoms with Gasteiger partial charge in [0.2, 0.25) is 5.91 Å². The van der Waals surface area contributed by atoms with E-state index in [0.717, 1.165) is 6.07 Å². The predicted octanol–water partition coefficient (Wildman–Crippen LogP) is 2.49. The first-order chi connectivity index (χ1) is 14.9. The molecule has 9 heteroatoms. The number of pyridine rings is 2. The molecular weight excluding hydrogens is 406 g/mol. The quantitative estimate of drug-likeness (QED) is 0.674. The lowest BCUT2D eigenvalue weighted by Crippen LogP contribution is -2.42.